The van der Waals surface area contributed by atoms with E-state index in [1.54, 1.807) is 0 Å². The van der Waals surface area contributed by atoms with E-state index in [2.05, 4.69) is 0 Å². The summed E-state index contributed by atoms with van der Waals surface area (Å²) in [5.74, 6) is 0. The molecule has 0 aromatic rings. The molecule has 0 atom stereocenters. The number of nitrogens with zero attached hydrogens (tertiary/aromatic N) is 1. The van der Waals surface area contributed by atoms with Gasteiger partial charge in [-0.25, -0.2) is 5.06 Å². The smallest absolute Gasteiger partial charge is 0.112 e. The van der Waals surface area contributed by atoms with Crippen LogP contribution in [0.3, 0.4) is 0 Å². The van der Waals surface area contributed by atoms with E-state index in [0.29, 0.717) is 0 Å². The molecule has 0 heterocycles. The van der Waals surface area contributed by atoms with Gasteiger partial charge >= 0.3 is 0 Å². The zero-order valence-electron chi connectivity index (χ0n) is 2.86. The fraction of sp³-hybridized carbons (Fsp3) is 1.00. The third-order valence-electron chi connectivity index (χ3n) is 0. The normalized spacial score (nSPS) is 9.00. The van der Waals surface area contributed by atoms with E-state index in [1.807, 2.05) is 0 Å². The molecule has 1 radical (unpaired) electrons. The van der Waals surface area contributed by atoms with E-state index < -0.39 is 0 Å². The lowest BCUT2D eigenvalue weighted by Crippen LogP contribution is -2.05. The second kappa shape index (κ2) is 1.26. The molecule has 0 unspecified atom stereocenters. The van der Waals surface area contributed by atoms with Gasteiger partial charge in [-0.3, -0.25) is 0 Å². The first-order chi connectivity index (χ1) is 1.73. The van der Waals surface area contributed by atoms with Gasteiger partial charge in [0.15, 0.2) is 0 Å². The number of rotatable bonds is 0. The van der Waals surface area contributed by atoms with Crippen LogP contribution in [0.5, 0.6) is 0 Å². The van der Waals surface area contributed by atoms with Crippen LogP contribution in [0.15, 0.2) is 0 Å². The summed E-state index contributed by atoms with van der Waals surface area (Å²) < 4.78 is 0. The van der Waals surface area contributed by atoms with Crippen molar-refractivity contribution < 1.29 is 0 Å². The highest BCUT2D eigenvalue weighted by Gasteiger charge is 1.60. The fourth-order valence-electron chi connectivity index (χ4n) is 0. The molecule has 0 rings (SSSR count). The van der Waals surface area contributed by atoms with Gasteiger partial charge in [0.1, 0.15) is 14.1 Å². The van der Waals surface area contributed by atoms with Crippen molar-refractivity contribution in [3.05, 3.63) is 5.21 Å². The summed E-state index contributed by atoms with van der Waals surface area (Å²) >= 11 is 0. The third kappa shape index (κ3) is 254. The van der Waals surface area contributed by atoms with Crippen LogP contribution in [0.4, 0.5) is 0 Å². The van der Waals surface area contributed by atoms with E-state index in [1.165, 1.54) is 14.1 Å². The van der Waals surface area contributed by atoms with Gasteiger partial charge in [-0.2, -0.15) is 0 Å². The van der Waals surface area contributed by atoms with E-state index in [-0.39, 0.29) is 0 Å². The minimum atomic E-state index is 0.750. The van der Waals surface area contributed by atoms with E-state index >= 15 is 0 Å². The number of hydrogen-bond acceptors (Lipinski definition) is 2. The Hall–Kier alpha value is -0.0800. The van der Waals surface area contributed by atoms with Crippen LogP contribution in [0.25, 0.3) is 0 Å². The van der Waals surface area contributed by atoms with Gasteiger partial charge < -0.3 is 5.21 Å². The van der Waals surface area contributed by atoms with E-state index in [4.69, 9.17) is 0 Å². The van der Waals surface area contributed by atoms with Gasteiger partial charge in [0, 0.05) is 0 Å². The summed E-state index contributed by atoms with van der Waals surface area (Å²) in [5, 5.41) is 10.1. The average molecular weight is 60.1 g/mol. The topological polar surface area (TPSA) is 29.0 Å². The van der Waals surface area contributed by atoms with Crippen molar-refractivity contribution >= 4 is 0 Å². The first kappa shape index (κ1) is 3.92. The molecular weight excluding hydrogens is 54.0 g/mol. The van der Waals surface area contributed by atoms with E-state index in [0.717, 1.165) is 5.06 Å². The van der Waals surface area contributed by atoms with E-state index in [9.17, 15) is 5.21 Å². The number of hydroxylamine groups is 2. The largest absolute Gasteiger partial charge is 0.582 e. The van der Waals surface area contributed by atoms with Gasteiger partial charge in [-0.1, -0.05) is 0 Å². The van der Waals surface area contributed by atoms with Crippen molar-refractivity contribution in [1.82, 2.24) is 5.06 Å². The van der Waals surface area contributed by atoms with Crippen LogP contribution in [0.2, 0.25) is 0 Å². The zero-order chi connectivity index (χ0) is 3.58. The summed E-state index contributed by atoms with van der Waals surface area (Å²) in [4.78, 5) is 0. The highest BCUT2D eigenvalue weighted by molar-refractivity contribution is 4.37. The molecule has 2 nitrogen and oxygen atoms in total. The molecule has 0 aliphatic carbocycles. The highest BCUT2D eigenvalue weighted by atomic mass is 16.5. The molecule has 25 valence electrons. The van der Waals surface area contributed by atoms with Crippen LogP contribution in [-0.4, -0.2) is 14.1 Å². The minimum absolute atomic E-state index is 0.750. The van der Waals surface area contributed by atoms with Crippen molar-refractivity contribution in [2.45, 2.75) is 0 Å². The molecule has 2 heteroatoms. The summed E-state index contributed by atoms with van der Waals surface area (Å²) in [6.45, 7) is 0. The molecule has 0 aromatic carbocycles. The molecule has 0 spiro atoms. The predicted molar refractivity (Wildman–Crippen MR) is 17.3 cm³/mol. The average Bonchev–Trinajstić information content (AvgIpc) is 0.811. The van der Waals surface area contributed by atoms with Crippen LogP contribution in [0, 0.1) is 5.21 Å². The first-order valence-electron chi connectivity index (χ1n) is 1.08. The summed E-state index contributed by atoms with van der Waals surface area (Å²) in [5.41, 5.74) is 0. The van der Waals surface area contributed by atoms with Gasteiger partial charge in [0.05, 0.1) is 0 Å². The lowest BCUT2D eigenvalue weighted by molar-refractivity contribution is 0.753. The molecule has 0 bridgehead atoms. The fourth-order valence-corrected chi connectivity index (χ4v) is 0. The van der Waals surface area contributed by atoms with Crippen molar-refractivity contribution in [3.63, 3.8) is 0 Å². The Kier molecular flexibility index (Phi) is 1.24. The maximum Gasteiger partial charge on any atom is 0.112 e. The first-order valence-corrected chi connectivity index (χ1v) is 1.08. The lowest BCUT2D eigenvalue weighted by atomic mass is 11.2. The third-order valence-corrected chi connectivity index (χ3v) is 0. The highest BCUT2D eigenvalue weighted by Crippen LogP contribution is 1.44. The molecule has 0 saturated carbocycles. The van der Waals surface area contributed by atoms with Crippen LogP contribution in [0.1, 0.15) is 0 Å². The monoisotopic (exact) mass is 60.0 g/mol. The summed E-state index contributed by atoms with van der Waals surface area (Å²) in [7, 11) is 2.89. The SMILES string of the molecule is C[N+](C)[O-]. The Balaban J connectivity index is 2.32. The molecular formula is C2H6NO. The maximum absolute atomic E-state index is 9.36. The van der Waals surface area contributed by atoms with Crippen molar-refractivity contribution in [3.8, 4) is 0 Å². The van der Waals surface area contributed by atoms with Gasteiger partial charge in [-0.05, 0) is 0 Å². The van der Waals surface area contributed by atoms with Crippen LogP contribution < -0.4 is 5.06 Å². The Morgan fingerprint density at radius 1 is 1.50 bits per heavy atom. The molecule has 0 N–H and O–H groups in total. The molecule has 0 aromatic heterocycles. The molecule has 0 aliphatic heterocycles. The zero-order valence-corrected chi connectivity index (χ0v) is 2.86. The van der Waals surface area contributed by atoms with Crippen molar-refractivity contribution in [1.29, 1.82) is 0 Å². The molecule has 4 heavy (non-hydrogen) atoms. The standard InChI is InChI=1S/C2H6NO/c1-3(2)4/h1-2H3. The number of hydrogen-bond donors (Lipinski definition) is 0. The van der Waals surface area contributed by atoms with Gasteiger partial charge in [0.25, 0.3) is 0 Å². The Morgan fingerprint density at radius 2 is 1.50 bits per heavy atom. The van der Waals surface area contributed by atoms with Crippen molar-refractivity contribution in [2.75, 3.05) is 14.1 Å². The molecule has 0 amide bonds. The second-order valence-corrected chi connectivity index (χ2v) is 0.812. The Bertz CT molecular complexity index is 10.8. The molecule has 0 fully saturated rings. The molecule has 0 aliphatic rings. The van der Waals surface area contributed by atoms with Crippen molar-refractivity contribution in [2.24, 2.45) is 0 Å². The van der Waals surface area contributed by atoms with Gasteiger partial charge in [-0.15, -0.1) is 0 Å². The Morgan fingerprint density at radius 3 is 1.50 bits per heavy atom. The molecule has 0 saturated heterocycles. The summed E-state index contributed by atoms with van der Waals surface area (Å²) in [6.07, 6.45) is 0. The van der Waals surface area contributed by atoms with Crippen LogP contribution >= 0.6 is 0 Å². The lowest BCUT2D eigenvalue weighted by Gasteiger charge is -1.93. The quantitative estimate of drug-likeness (QED) is 0.283. The minimum Gasteiger partial charge on any atom is -0.582 e. The van der Waals surface area contributed by atoms with Crippen LogP contribution in [-0.2, 0) is 0 Å². The Labute approximate surface area is 25.6 Å². The second-order valence-electron chi connectivity index (χ2n) is 0.812. The summed E-state index contributed by atoms with van der Waals surface area (Å²) in [6, 6.07) is 0. The van der Waals surface area contributed by atoms with Gasteiger partial charge in [0.2, 0.25) is 0 Å². The predicted octanol–water partition coefficient (Wildman–Crippen LogP) is -0.116. The maximum atomic E-state index is 9.36.